The highest BCUT2D eigenvalue weighted by Crippen LogP contribution is 2.21. The molecule has 0 aromatic rings. The topological polar surface area (TPSA) is 0 Å². The first-order valence-corrected chi connectivity index (χ1v) is 20.1. The molecule has 248 valence electrons. The van der Waals surface area contributed by atoms with Crippen molar-refractivity contribution in [2.75, 3.05) is 26.2 Å². The van der Waals surface area contributed by atoms with Crippen molar-refractivity contribution in [3.63, 3.8) is 0 Å². The van der Waals surface area contributed by atoms with Gasteiger partial charge >= 0.3 is 0 Å². The summed E-state index contributed by atoms with van der Waals surface area (Å²) in [5, 5.41) is 0. The first-order chi connectivity index (χ1) is 20.2. The molecular formula is C40H84N+. The Labute approximate surface area is 263 Å². The molecule has 0 atom stereocenters. The van der Waals surface area contributed by atoms with Gasteiger partial charge in [-0.1, -0.05) is 182 Å². The van der Waals surface area contributed by atoms with Crippen LogP contribution in [0.15, 0.2) is 0 Å². The van der Waals surface area contributed by atoms with Crippen LogP contribution in [0.25, 0.3) is 0 Å². The van der Waals surface area contributed by atoms with Gasteiger partial charge in [0.1, 0.15) is 0 Å². The lowest BCUT2D eigenvalue weighted by Crippen LogP contribution is -2.50. The van der Waals surface area contributed by atoms with Gasteiger partial charge in [0, 0.05) is 0 Å². The molecule has 0 aromatic heterocycles. The van der Waals surface area contributed by atoms with Crippen LogP contribution in [0.1, 0.15) is 233 Å². The van der Waals surface area contributed by atoms with Gasteiger partial charge in [-0.25, -0.2) is 0 Å². The second kappa shape index (κ2) is 34.5. The molecule has 0 aliphatic heterocycles. The lowest BCUT2D eigenvalue weighted by atomic mass is 10.0. The van der Waals surface area contributed by atoms with E-state index < -0.39 is 0 Å². The SMILES string of the molecule is CCCCCCCCCCCCCC[N+](CCCCCC)(CCCCCC)CCCCCCCCCCCCCC. The lowest BCUT2D eigenvalue weighted by molar-refractivity contribution is -0.929. The van der Waals surface area contributed by atoms with Crippen molar-refractivity contribution >= 4 is 0 Å². The van der Waals surface area contributed by atoms with Crippen LogP contribution >= 0.6 is 0 Å². The summed E-state index contributed by atoms with van der Waals surface area (Å²) in [6, 6.07) is 0. The Balaban J connectivity index is 4.41. The van der Waals surface area contributed by atoms with Crippen LogP contribution in [-0.4, -0.2) is 30.7 Å². The summed E-state index contributed by atoms with van der Waals surface area (Å²) in [7, 11) is 0. The van der Waals surface area contributed by atoms with Crippen molar-refractivity contribution in [3.05, 3.63) is 0 Å². The molecule has 0 aliphatic carbocycles. The van der Waals surface area contributed by atoms with E-state index >= 15 is 0 Å². The third kappa shape index (κ3) is 29.8. The third-order valence-corrected chi connectivity index (χ3v) is 9.94. The fourth-order valence-electron chi connectivity index (χ4n) is 7.00. The summed E-state index contributed by atoms with van der Waals surface area (Å²) in [5.41, 5.74) is 0. The number of hydrogen-bond acceptors (Lipinski definition) is 0. The normalized spacial score (nSPS) is 12.0. The fourth-order valence-corrected chi connectivity index (χ4v) is 7.00. The molecule has 0 spiro atoms. The van der Waals surface area contributed by atoms with Gasteiger partial charge in [-0.2, -0.15) is 0 Å². The Morgan fingerprint density at radius 3 is 0.537 bits per heavy atom. The molecule has 0 rings (SSSR count). The van der Waals surface area contributed by atoms with Gasteiger partial charge in [-0.05, 0) is 51.4 Å². The van der Waals surface area contributed by atoms with Gasteiger partial charge in [0.05, 0.1) is 26.2 Å². The molecular weight excluding hydrogens is 494 g/mol. The van der Waals surface area contributed by atoms with E-state index in [1.807, 2.05) is 0 Å². The standard InChI is InChI=1S/C40H84N/c1-5-9-13-17-19-21-23-25-27-29-31-35-39-41(37-33-15-11-7-3,38-34-16-12-8-4)40-36-32-30-28-26-24-22-20-18-14-10-6-2/h5-40H2,1-4H3/q+1. The molecule has 0 radical (unpaired) electrons. The van der Waals surface area contributed by atoms with Gasteiger partial charge in [-0.15, -0.1) is 0 Å². The van der Waals surface area contributed by atoms with Crippen LogP contribution in [-0.2, 0) is 0 Å². The zero-order valence-electron chi connectivity index (χ0n) is 29.9. The monoisotopic (exact) mass is 579 g/mol. The minimum Gasteiger partial charge on any atom is -0.324 e. The number of unbranched alkanes of at least 4 members (excludes halogenated alkanes) is 28. The quantitative estimate of drug-likeness (QED) is 0.0512. The highest BCUT2D eigenvalue weighted by atomic mass is 15.3. The zero-order chi connectivity index (χ0) is 30.0. The molecule has 0 N–H and O–H groups in total. The van der Waals surface area contributed by atoms with Gasteiger partial charge in [0.2, 0.25) is 0 Å². The minimum absolute atomic E-state index is 1.37. The van der Waals surface area contributed by atoms with Crippen molar-refractivity contribution in [2.45, 2.75) is 233 Å². The second-order valence-corrected chi connectivity index (χ2v) is 14.1. The average Bonchev–Trinajstić information content (AvgIpc) is 2.98. The first kappa shape index (κ1) is 41.0. The van der Waals surface area contributed by atoms with Crippen LogP contribution in [0.3, 0.4) is 0 Å². The summed E-state index contributed by atoms with van der Waals surface area (Å²) >= 11 is 0. The molecule has 0 saturated carbocycles. The number of quaternary nitrogens is 1. The number of rotatable bonds is 36. The molecule has 0 bridgehead atoms. The van der Waals surface area contributed by atoms with E-state index in [9.17, 15) is 0 Å². The van der Waals surface area contributed by atoms with E-state index in [0.717, 1.165) is 0 Å². The van der Waals surface area contributed by atoms with Crippen molar-refractivity contribution < 1.29 is 4.48 Å². The summed E-state index contributed by atoms with van der Waals surface area (Å²) in [4.78, 5) is 0. The first-order valence-electron chi connectivity index (χ1n) is 20.1. The summed E-state index contributed by atoms with van der Waals surface area (Å²) < 4.78 is 1.48. The Morgan fingerprint density at radius 1 is 0.195 bits per heavy atom. The predicted molar refractivity (Wildman–Crippen MR) is 190 cm³/mol. The van der Waals surface area contributed by atoms with Crippen LogP contribution in [0, 0.1) is 0 Å². The maximum atomic E-state index is 2.37. The molecule has 0 aliphatic rings. The zero-order valence-corrected chi connectivity index (χ0v) is 29.9. The van der Waals surface area contributed by atoms with Gasteiger partial charge in [0.15, 0.2) is 0 Å². The maximum Gasteiger partial charge on any atom is 0.0786 e. The average molecular weight is 579 g/mol. The van der Waals surface area contributed by atoms with Gasteiger partial charge < -0.3 is 4.48 Å². The fraction of sp³-hybridized carbons (Fsp3) is 1.00. The molecule has 0 heterocycles. The predicted octanol–water partition coefficient (Wildman–Crippen LogP) is 14.4. The van der Waals surface area contributed by atoms with Crippen molar-refractivity contribution in [3.8, 4) is 0 Å². The highest BCUT2D eigenvalue weighted by molar-refractivity contribution is 4.55. The Hall–Kier alpha value is -0.0400. The van der Waals surface area contributed by atoms with Crippen molar-refractivity contribution in [1.29, 1.82) is 0 Å². The summed E-state index contributed by atoms with van der Waals surface area (Å²) in [5.74, 6) is 0. The van der Waals surface area contributed by atoms with Crippen molar-refractivity contribution in [1.82, 2.24) is 0 Å². The molecule has 0 saturated heterocycles. The summed E-state index contributed by atoms with van der Waals surface area (Å²) in [6.45, 7) is 15.3. The number of nitrogens with zero attached hydrogens (tertiary/aromatic N) is 1. The molecule has 0 aromatic carbocycles. The van der Waals surface area contributed by atoms with Crippen LogP contribution in [0.4, 0.5) is 0 Å². The molecule has 0 fully saturated rings. The largest absolute Gasteiger partial charge is 0.324 e. The lowest BCUT2D eigenvalue weighted by Gasteiger charge is -2.39. The Bertz CT molecular complexity index is 416. The van der Waals surface area contributed by atoms with Crippen molar-refractivity contribution in [2.24, 2.45) is 0 Å². The highest BCUT2D eigenvalue weighted by Gasteiger charge is 2.25. The maximum absolute atomic E-state index is 2.37. The Kier molecular flexibility index (Phi) is 34.4. The Morgan fingerprint density at radius 2 is 0.341 bits per heavy atom. The van der Waals surface area contributed by atoms with E-state index in [-0.39, 0.29) is 0 Å². The van der Waals surface area contributed by atoms with Crippen LogP contribution < -0.4 is 0 Å². The molecule has 0 unspecified atom stereocenters. The van der Waals surface area contributed by atoms with E-state index in [4.69, 9.17) is 0 Å². The van der Waals surface area contributed by atoms with E-state index in [1.165, 1.54) is 236 Å². The van der Waals surface area contributed by atoms with Crippen LogP contribution in [0.2, 0.25) is 0 Å². The summed E-state index contributed by atoms with van der Waals surface area (Å²) in [6.07, 6.45) is 46.7. The third-order valence-electron chi connectivity index (χ3n) is 9.94. The van der Waals surface area contributed by atoms with E-state index in [0.29, 0.717) is 0 Å². The van der Waals surface area contributed by atoms with E-state index in [2.05, 4.69) is 27.7 Å². The van der Waals surface area contributed by atoms with Gasteiger partial charge in [-0.3, -0.25) is 0 Å². The molecule has 1 heteroatoms. The second-order valence-electron chi connectivity index (χ2n) is 14.1. The van der Waals surface area contributed by atoms with Gasteiger partial charge in [0.25, 0.3) is 0 Å². The molecule has 1 nitrogen and oxygen atoms in total. The molecule has 0 amide bonds. The smallest absolute Gasteiger partial charge is 0.0786 e. The van der Waals surface area contributed by atoms with E-state index in [1.54, 1.807) is 0 Å². The number of hydrogen-bond donors (Lipinski definition) is 0. The van der Waals surface area contributed by atoms with Crippen LogP contribution in [0.5, 0.6) is 0 Å². The molecule has 41 heavy (non-hydrogen) atoms. The minimum atomic E-state index is 1.37.